The van der Waals surface area contributed by atoms with Crippen LogP contribution >= 0.6 is 11.6 Å². The second-order valence-electron chi connectivity index (χ2n) is 7.93. The number of nitrogens with one attached hydrogen (secondary N) is 1. The zero-order valence-electron chi connectivity index (χ0n) is 19.1. The summed E-state index contributed by atoms with van der Waals surface area (Å²) in [6.45, 7) is 3.41. The summed E-state index contributed by atoms with van der Waals surface area (Å²) in [6.07, 6.45) is 1.62. The Morgan fingerprint density at radius 3 is 2.57 bits per heavy atom. The highest BCUT2D eigenvalue weighted by atomic mass is 35.5. The maximum atomic E-state index is 13.5. The molecule has 2 aromatic carbocycles. The van der Waals surface area contributed by atoms with Gasteiger partial charge < -0.3 is 19.0 Å². The van der Waals surface area contributed by atoms with Crippen LogP contribution in [0.3, 0.4) is 0 Å². The largest absolute Gasteiger partial charge is 0.534 e. The van der Waals surface area contributed by atoms with E-state index in [1.807, 2.05) is 0 Å². The Morgan fingerprint density at radius 1 is 1.11 bits per heavy atom. The van der Waals surface area contributed by atoms with Crippen LogP contribution in [0.5, 0.6) is 11.5 Å². The number of hydrogen-bond donors (Lipinski definition) is 1. The van der Waals surface area contributed by atoms with Crippen LogP contribution in [-0.2, 0) is 14.9 Å². The van der Waals surface area contributed by atoms with Crippen molar-refractivity contribution >= 4 is 44.1 Å². The molecule has 0 unspecified atom stereocenters. The van der Waals surface area contributed by atoms with Gasteiger partial charge in [-0.15, -0.1) is 0 Å². The maximum absolute atomic E-state index is 13.5. The van der Waals surface area contributed by atoms with Gasteiger partial charge in [-0.2, -0.15) is 21.6 Å². The van der Waals surface area contributed by atoms with Gasteiger partial charge in [-0.1, -0.05) is 11.6 Å². The Hall–Kier alpha value is -2.94. The molecule has 9 nitrogen and oxygen atoms in total. The number of anilines is 2. The van der Waals surface area contributed by atoms with E-state index in [2.05, 4.69) is 24.4 Å². The van der Waals surface area contributed by atoms with Crippen LogP contribution < -0.4 is 14.2 Å². The Morgan fingerprint density at radius 2 is 1.86 bits per heavy atom. The maximum Gasteiger partial charge on any atom is 0.534 e. The summed E-state index contributed by atoms with van der Waals surface area (Å²) in [4.78, 5) is 10.3. The number of ether oxygens (including phenoxy) is 2. The minimum atomic E-state index is -5.97. The molecule has 3 aromatic rings. The summed E-state index contributed by atoms with van der Waals surface area (Å²) < 4.78 is 91.3. The molecule has 15 heteroatoms. The Labute approximate surface area is 214 Å². The van der Waals surface area contributed by atoms with Gasteiger partial charge in [-0.05, 0) is 30.7 Å². The van der Waals surface area contributed by atoms with E-state index in [9.17, 15) is 26.0 Å². The normalized spacial score (nSPS) is 15.1. The van der Waals surface area contributed by atoms with Crippen molar-refractivity contribution in [1.29, 1.82) is 0 Å². The minimum absolute atomic E-state index is 0.0648. The standard InChI is InChI=1S/C22H21ClF4N4O5S/c23-16-10-14(2-3-17(16)24)30-21-15-11-19(35-7-1-4-31-5-8-34-9-6-31)20(12-18(15)28-13-29-21)36-37(32,33)22(25,26)27/h2-3,10-13H,1,4-9H2,(H,28,29,30). The van der Waals surface area contributed by atoms with Crippen molar-refractivity contribution < 1.29 is 39.6 Å². The quantitative estimate of drug-likeness (QED) is 0.174. The third-order valence-electron chi connectivity index (χ3n) is 5.35. The van der Waals surface area contributed by atoms with Gasteiger partial charge in [0.05, 0.1) is 30.4 Å². The molecule has 1 N–H and O–H groups in total. The predicted octanol–water partition coefficient (Wildman–Crippen LogP) is 4.50. The average Bonchev–Trinajstić information content (AvgIpc) is 2.84. The van der Waals surface area contributed by atoms with Crippen LogP contribution in [0.1, 0.15) is 6.42 Å². The lowest BCUT2D eigenvalue weighted by Gasteiger charge is -2.26. The Kier molecular flexibility index (Phi) is 8.21. The number of benzene rings is 2. The molecule has 1 aromatic heterocycles. The molecule has 0 radical (unpaired) electrons. The van der Waals surface area contributed by atoms with Crippen LogP contribution in [-0.4, -0.2) is 68.2 Å². The van der Waals surface area contributed by atoms with Gasteiger partial charge in [0.25, 0.3) is 0 Å². The summed E-state index contributed by atoms with van der Waals surface area (Å²) in [5.41, 5.74) is -5.20. The molecule has 0 spiro atoms. The lowest BCUT2D eigenvalue weighted by molar-refractivity contribution is -0.0500. The fourth-order valence-electron chi connectivity index (χ4n) is 3.51. The molecule has 1 aliphatic heterocycles. The van der Waals surface area contributed by atoms with Gasteiger partial charge in [0.15, 0.2) is 11.5 Å². The first-order valence-corrected chi connectivity index (χ1v) is 12.8. The second kappa shape index (κ2) is 11.2. The van der Waals surface area contributed by atoms with Gasteiger partial charge in [-0.25, -0.2) is 14.4 Å². The van der Waals surface area contributed by atoms with E-state index in [0.29, 0.717) is 31.9 Å². The first-order chi connectivity index (χ1) is 17.5. The summed E-state index contributed by atoms with van der Waals surface area (Å²) in [5.74, 6) is -1.36. The van der Waals surface area contributed by atoms with E-state index in [1.165, 1.54) is 18.2 Å². The average molecular weight is 565 g/mol. The molecule has 1 saturated heterocycles. The van der Waals surface area contributed by atoms with Gasteiger partial charge in [0, 0.05) is 36.8 Å². The van der Waals surface area contributed by atoms with Gasteiger partial charge in [0.2, 0.25) is 0 Å². The molecule has 0 atom stereocenters. The van der Waals surface area contributed by atoms with Crippen LogP contribution in [0.15, 0.2) is 36.7 Å². The topological polar surface area (TPSA) is 103 Å². The molecule has 0 aliphatic carbocycles. The SMILES string of the molecule is O=S(=O)(Oc1cc2ncnc(Nc3ccc(F)c(Cl)c3)c2cc1OCCCN1CCOCC1)C(F)(F)F. The smallest absolute Gasteiger partial charge is 0.490 e. The summed E-state index contributed by atoms with van der Waals surface area (Å²) in [6, 6.07) is 6.16. The molecular weight excluding hydrogens is 544 g/mol. The third-order valence-corrected chi connectivity index (χ3v) is 6.60. The van der Waals surface area contributed by atoms with E-state index in [0.717, 1.165) is 31.5 Å². The zero-order valence-corrected chi connectivity index (χ0v) is 20.7. The molecule has 0 saturated carbocycles. The first kappa shape index (κ1) is 27.1. The zero-order chi connectivity index (χ0) is 26.6. The molecular formula is C22H21ClF4N4O5S. The van der Waals surface area contributed by atoms with E-state index in [1.54, 1.807) is 0 Å². The molecule has 0 bridgehead atoms. The monoisotopic (exact) mass is 564 g/mol. The number of hydrogen-bond acceptors (Lipinski definition) is 9. The number of alkyl halides is 3. The van der Waals surface area contributed by atoms with Crippen LogP contribution in [0.4, 0.5) is 29.1 Å². The summed E-state index contributed by atoms with van der Waals surface area (Å²) in [7, 11) is -5.97. The van der Waals surface area contributed by atoms with Crippen LogP contribution in [0.25, 0.3) is 10.9 Å². The number of fused-ring (bicyclic) bond motifs is 1. The van der Waals surface area contributed by atoms with Gasteiger partial charge in [-0.3, -0.25) is 4.90 Å². The van der Waals surface area contributed by atoms with Crippen molar-refractivity contribution in [3.8, 4) is 11.5 Å². The van der Waals surface area contributed by atoms with Crippen molar-refractivity contribution in [2.75, 3.05) is 44.8 Å². The van der Waals surface area contributed by atoms with Crippen molar-refractivity contribution in [2.45, 2.75) is 11.9 Å². The Bertz CT molecular complexity index is 1370. The highest BCUT2D eigenvalue weighted by Crippen LogP contribution is 2.38. The minimum Gasteiger partial charge on any atom is -0.490 e. The molecule has 37 heavy (non-hydrogen) atoms. The number of halogens is 5. The van der Waals surface area contributed by atoms with Crippen molar-refractivity contribution in [1.82, 2.24) is 14.9 Å². The molecule has 0 amide bonds. The Balaban J connectivity index is 1.63. The lowest BCUT2D eigenvalue weighted by Crippen LogP contribution is -2.37. The summed E-state index contributed by atoms with van der Waals surface area (Å²) >= 11 is 5.83. The van der Waals surface area contributed by atoms with Crippen molar-refractivity contribution in [2.24, 2.45) is 0 Å². The van der Waals surface area contributed by atoms with Crippen molar-refractivity contribution in [3.05, 3.63) is 47.5 Å². The van der Waals surface area contributed by atoms with E-state index in [-0.39, 0.29) is 34.1 Å². The highest BCUT2D eigenvalue weighted by Gasteiger charge is 2.49. The van der Waals surface area contributed by atoms with E-state index < -0.39 is 27.2 Å². The summed E-state index contributed by atoms with van der Waals surface area (Å²) in [5, 5.41) is 3.07. The number of rotatable bonds is 9. The van der Waals surface area contributed by atoms with Crippen LogP contribution in [0, 0.1) is 5.82 Å². The molecule has 2 heterocycles. The first-order valence-electron chi connectivity index (χ1n) is 11.0. The second-order valence-corrected chi connectivity index (χ2v) is 9.88. The predicted molar refractivity (Wildman–Crippen MR) is 127 cm³/mol. The lowest BCUT2D eigenvalue weighted by atomic mass is 10.2. The molecule has 1 fully saturated rings. The van der Waals surface area contributed by atoms with E-state index >= 15 is 0 Å². The van der Waals surface area contributed by atoms with Crippen LogP contribution in [0.2, 0.25) is 5.02 Å². The number of aromatic nitrogens is 2. The molecule has 4 rings (SSSR count). The van der Waals surface area contributed by atoms with Gasteiger partial charge in [0.1, 0.15) is 18.0 Å². The fourth-order valence-corrected chi connectivity index (χ4v) is 4.15. The molecule has 1 aliphatic rings. The van der Waals surface area contributed by atoms with Gasteiger partial charge >= 0.3 is 15.6 Å². The van der Waals surface area contributed by atoms with Crippen molar-refractivity contribution in [3.63, 3.8) is 0 Å². The van der Waals surface area contributed by atoms with E-state index in [4.69, 9.17) is 21.1 Å². The molecule has 200 valence electrons. The highest BCUT2D eigenvalue weighted by molar-refractivity contribution is 7.88. The number of nitrogens with zero attached hydrogens (tertiary/aromatic N) is 3. The third kappa shape index (κ3) is 6.69. The number of morpholine rings is 1. The fraction of sp³-hybridized carbons (Fsp3) is 0.364.